The van der Waals surface area contributed by atoms with E-state index in [0.29, 0.717) is 41.3 Å². The van der Waals surface area contributed by atoms with Crippen molar-refractivity contribution >= 4 is 34.9 Å². The van der Waals surface area contributed by atoms with Crippen LogP contribution in [0.2, 0.25) is 0 Å². The molecule has 0 atom stereocenters. The molecule has 0 saturated carbocycles. The lowest BCUT2D eigenvalue weighted by atomic mass is 10.2. The van der Waals surface area contributed by atoms with Crippen LogP contribution in [0.3, 0.4) is 0 Å². The number of allylic oxidation sites excluding steroid dienone is 1. The normalized spacial score (nSPS) is 11.3. The molecular weight excluding hydrogens is 388 g/mol. The van der Waals surface area contributed by atoms with E-state index in [4.69, 9.17) is 21.0 Å². The van der Waals surface area contributed by atoms with Gasteiger partial charge in [0.25, 0.3) is 0 Å². The lowest BCUT2D eigenvalue weighted by Gasteiger charge is -2.10. The summed E-state index contributed by atoms with van der Waals surface area (Å²) in [4.78, 5) is 20.5. The first-order valence-corrected chi connectivity index (χ1v) is 9.03. The van der Waals surface area contributed by atoms with Crippen molar-refractivity contribution in [1.82, 2.24) is 24.9 Å². The van der Waals surface area contributed by atoms with Crippen LogP contribution >= 0.6 is 0 Å². The van der Waals surface area contributed by atoms with Gasteiger partial charge in [-0.1, -0.05) is 0 Å². The summed E-state index contributed by atoms with van der Waals surface area (Å²) in [6.07, 6.45) is 7.39. The minimum atomic E-state index is -0.460. The van der Waals surface area contributed by atoms with Crippen LogP contribution in [-0.4, -0.2) is 57.1 Å². The van der Waals surface area contributed by atoms with Crippen molar-refractivity contribution in [2.75, 3.05) is 31.3 Å². The summed E-state index contributed by atoms with van der Waals surface area (Å²) in [5.74, 6) is 0.120. The number of rotatable bonds is 9. The second kappa shape index (κ2) is 9.47. The molecule has 6 N–H and O–H groups in total. The van der Waals surface area contributed by atoms with Gasteiger partial charge in [0.05, 0.1) is 37.3 Å². The number of nitrogens with two attached hydrogens (primary N) is 1. The van der Waals surface area contributed by atoms with E-state index in [1.54, 1.807) is 16.9 Å². The van der Waals surface area contributed by atoms with Crippen LogP contribution in [0.4, 0.5) is 11.6 Å². The lowest BCUT2D eigenvalue weighted by Crippen LogP contribution is -2.13. The number of carbonyl (C=O) groups is 1. The third kappa shape index (κ3) is 4.52. The Morgan fingerprint density at radius 1 is 1.43 bits per heavy atom. The maximum absolute atomic E-state index is 11.9. The Balaban J connectivity index is 1.80. The van der Waals surface area contributed by atoms with Gasteiger partial charge in [-0.2, -0.15) is 5.10 Å². The van der Waals surface area contributed by atoms with Gasteiger partial charge in [-0.3, -0.25) is 0 Å². The highest BCUT2D eigenvalue weighted by molar-refractivity contribution is 6.07. The fraction of sp³-hybridized carbons (Fsp3) is 0.211. The van der Waals surface area contributed by atoms with Crippen LogP contribution in [0.25, 0.3) is 11.1 Å². The van der Waals surface area contributed by atoms with Gasteiger partial charge in [0.2, 0.25) is 0 Å². The van der Waals surface area contributed by atoms with Crippen molar-refractivity contribution in [2.45, 2.75) is 6.54 Å². The summed E-state index contributed by atoms with van der Waals surface area (Å²) < 4.78 is 6.37. The molecule has 3 heterocycles. The predicted molar refractivity (Wildman–Crippen MR) is 112 cm³/mol. The number of carbonyl (C=O) groups excluding carboxylic acids is 1. The van der Waals surface area contributed by atoms with E-state index in [0.717, 1.165) is 11.8 Å². The number of pyridine rings is 1. The number of nitrogen functional groups attached to an aromatic ring is 1. The first-order valence-electron chi connectivity index (χ1n) is 9.03. The molecule has 0 amide bonds. The second-order valence-electron chi connectivity index (χ2n) is 6.18. The fourth-order valence-corrected chi connectivity index (χ4v) is 2.69. The quantitative estimate of drug-likeness (QED) is 0.194. The zero-order valence-corrected chi connectivity index (χ0v) is 16.3. The van der Waals surface area contributed by atoms with Crippen LogP contribution in [-0.2, 0) is 11.3 Å². The zero-order valence-electron chi connectivity index (χ0n) is 16.3. The molecule has 156 valence electrons. The Kier molecular flexibility index (Phi) is 6.55. The molecule has 0 saturated heterocycles. The second-order valence-corrected chi connectivity index (χ2v) is 6.18. The highest BCUT2D eigenvalue weighted by Gasteiger charge is 2.13. The number of nitrogens with zero attached hydrogens (tertiary/aromatic N) is 4. The van der Waals surface area contributed by atoms with E-state index in [-0.39, 0.29) is 12.4 Å². The van der Waals surface area contributed by atoms with Crippen LogP contribution in [0.15, 0.2) is 36.9 Å². The van der Waals surface area contributed by atoms with Crippen molar-refractivity contribution < 1.29 is 14.6 Å². The molecule has 0 aliphatic heterocycles. The van der Waals surface area contributed by atoms with Crippen molar-refractivity contribution in [2.24, 2.45) is 0 Å². The Hall–Kier alpha value is -3.99. The summed E-state index contributed by atoms with van der Waals surface area (Å²) in [5, 5.41) is 26.6. The number of esters is 1. The molecule has 0 unspecified atom stereocenters. The summed E-state index contributed by atoms with van der Waals surface area (Å²) in [6.45, 7) is 0.702. The van der Waals surface area contributed by atoms with Gasteiger partial charge in [0.1, 0.15) is 5.56 Å². The molecule has 0 fully saturated rings. The molecule has 0 aliphatic rings. The third-order valence-electron chi connectivity index (χ3n) is 4.22. The third-order valence-corrected chi connectivity index (χ3v) is 4.22. The number of fused-ring (bicyclic) bond motifs is 1. The number of ether oxygens (including phenoxy) is 1. The molecule has 3 rings (SSSR count). The van der Waals surface area contributed by atoms with Crippen molar-refractivity contribution in [3.05, 3.63) is 53.7 Å². The Morgan fingerprint density at radius 2 is 2.27 bits per heavy atom. The molecule has 0 bridgehead atoms. The topological polar surface area (TPSA) is 164 Å². The Bertz CT molecular complexity index is 1090. The zero-order chi connectivity index (χ0) is 21.5. The van der Waals surface area contributed by atoms with E-state index in [1.165, 1.54) is 19.5 Å². The van der Waals surface area contributed by atoms with Gasteiger partial charge in [-0.25, -0.2) is 19.3 Å². The Labute approximate surface area is 172 Å². The number of hydrogen-bond acceptors (Lipinski definition) is 10. The van der Waals surface area contributed by atoms with Gasteiger partial charge >= 0.3 is 5.97 Å². The summed E-state index contributed by atoms with van der Waals surface area (Å²) in [7, 11) is 1.32. The van der Waals surface area contributed by atoms with Gasteiger partial charge in [0.15, 0.2) is 11.6 Å². The SMILES string of the molecule is COC(=O)c1cnn2ccc(CNc3nc(/C(C=N)=C/NCCO)cnc3N)cc12. The maximum Gasteiger partial charge on any atom is 0.341 e. The van der Waals surface area contributed by atoms with E-state index in [9.17, 15) is 4.79 Å². The molecule has 0 aliphatic carbocycles. The molecule has 11 heteroatoms. The van der Waals surface area contributed by atoms with Crippen molar-refractivity contribution in [3.8, 4) is 0 Å². The Morgan fingerprint density at radius 3 is 3.00 bits per heavy atom. The molecular formula is C19H22N8O3. The first-order chi connectivity index (χ1) is 14.6. The average molecular weight is 410 g/mol. The van der Waals surface area contributed by atoms with Crippen LogP contribution in [0.1, 0.15) is 21.6 Å². The predicted octanol–water partition coefficient (Wildman–Crippen LogP) is 0.678. The molecule has 0 radical (unpaired) electrons. The fourth-order valence-electron chi connectivity index (χ4n) is 2.69. The molecule has 0 aromatic carbocycles. The van der Waals surface area contributed by atoms with E-state index < -0.39 is 5.97 Å². The maximum atomic E-state index is 11.9. The molecule has 0 spiro atoms. The number of methoxy groups -OCH3 is 1. The summed E-state index contributed by atoms with van der Waals surface area (Å²) in [6, 6.07) is 3.67. The largest absolute Gasteiger partial charge is 0.465 e. The average Bonchev–Trinajstić information content (AvgIpc) is 3.19. The van der Waals surface area contributed by atoms with Gasteiger partial charge in [-0.15, -0.1) is 0 Å². The van der Waals surface area contributed by atoms with E-state index in [2.05, 4.69) is 25.7 Å². The number of hydrogen-bond donors (Lipinski definition) is 5. The summed E-state index contributed by atoms with van der Waals surface area (Å²) >= 11 is 0. The molecule has 3 aromatic rings. The van der Waals surface area contributed by atoms with Crippen LogP contribution in [0, 0.1) is 5.41 Å². The van der Waals surface area contributed by atoms with Gasteiger partial charge < -0.3 is 31.6 Å². The number of aromatic nitrogens is 4. The first kappa shape index (κ1) is 20.7. The monoisotopic (exact) mass is 410 g/mol. The van der Waals surface area contributed by atoms with Crippen LogP contribution in [0.5, 0.6) is 0 Å². The number of aliphatic hydroxyl groups is 1. The minimum absolute atomic E-state index is 0.0266. The lowest BCUT2D eigenvalue weighted by molar-refractivity contribution is 0.0603. The van der Waals surface area contributed by atoms with Crippen molar-refractivity contribution in [1.29, 1.82) is 5.41 Å². The highest BCUT2D eigenvalue weighted by Crippen LogP contribution is 2.19. The smallest absolute Gasteiger partial charge is 0.341 e. The number of anilines is 2. The molecule has 30 heavy (non-hydrogen) atoms. The van der Waals surface area contributed by atoms with Crippen LogP contribution < -0.4 is 16.4 Å². The van der Waals surface area contributed by atoms with Crippen molar-refractivity contribution in [3.63, 3.8) is 0 Å². The highest BCUT2D eigenvalue weighted by atomic mass is 16.5. The minimum Gasteiger partial charge on any atom is -0.465 e. The van der Waals surface area contributed by atoms with Gasteiger partial charge in [-0.05, 0) is 17.7 Å². The number of nitrogens with one attached hydrogen (secondary N) is 3. The summed E-state index contributed by atoms with van der Waals surface area (Å²) in [5.41, 5.74) is 8.74. The van der Waals surface area contributed by atoms with E-state index in [1.807, 2.05) is 12.1 Å². The number of aliphatic hydroxyl groups excluding tert-OH is 1. The van der Waals surface area contributed by atoms with E-state index >= 15 is 0 Å². The molecule has 3 aromatic heterocycles. The van der Waals surface area contributed by atoms with Gasteiger partial charge in [0, 0.05) is 37.3 Å². The standard InChI is InChI=1S/C19H22N8O3/c1-30-19(29)14-10-25-27-4-2-12(6-16(14)27)8-24-18-17(21)23-11-15(26-18)13(7-20)9-22-3-5-28/h2,4,6-7,9-11,20,22,28H,3,5,8H2,1H3,(H2,21,23)(H,24,26)/b13-9+,20-7?. The molecule has 11 nitrogen and oxygen atoms in total.